The molecule has 1 fully saturated rings. The number of rotatable bonds is 6. The normalized spacial score (nSPS) is 14.5. The van der Waals surface area contributed by atoms with Gasteiger partial charge < -0.3 is 14.8 Å². The Morgan fingerprint density at radius 3 is 2.55 bits per heavy atom. The Kier molecular flexibility index (Phi) is 6.57. The van der Waals surface area contributed by atoms with Crippen LogP contribution in [0, 0.1) is 11.6 Å². The molecule has 5 nitrogen and oxygen atoms in total. The molecule has 3 aromatic carbocycles. The summed E-state index contributed by atoms with van der Waals surface area (Å²) in [5.41, 5.74) is 2.14. The Labute approximate surface area is 199 Å². The second kappa shape index (κ2) is 9.56. The van der Waals surface area contributed by atoms with Gasteiger partial charge in [0, 0.05) is 11.6 Å². The lowest BCUT2D eigenvalue weighted by atomic mass is 10.1. The minimum Gasteiger partial charge on any atom is -0.496 e. The summed E-state index contributed by atoms with van der Waals surface area (Å²) < 4.78 is 37.7. The Morgan fingerprint density at radius 1 is 1.09 bits per heavy atom. The maximum absolute atomic E-state index is 13.4. The highest BCUT2D eigenvalue weighted by atomic mass is 35.5. The summed E-state index contributed by atoms with van der Waals surface area (Å²) in [7, 11) is 1.53. The molecule has 1 saturated heterocycles. The third-order valence-electron chi connectivity index (χ3n) is 4.86. The van der Waals surface area contributed by atoms with Gasteiger partial charge in [0.25, 0.3) is 5.91 Å². The van der Waals surface area contributed by atoms with Crippen LogP contribution in [0.5, 0.6) is 11.5 Å². The predicted molar refractivity (Wildman–Crippen MR) is 126 cm³/mol. The van der Waals surface area contributed by atoms with Crippen molar-refractivity contribution in [2.75, 3.05) is 12.0 Å². The summed E-state index contributed by atoms with van der Waals surface area (Å²) in [5.74, 6) is -0.312. The van der Waals surface area contributed by atoms with Crippen LogP contribution in [0.2, 0.25) is 5.02 Å². The topological polar surface area (TPSA) is 50.8 Å². The molecule has 1 heterocycles. The maximum Gasteiger partial charge on any atom is 0.281 e. The molecule has 0 aliphatic carbocycles. The lowest BCUT2D eigenvalue weighted by Crippen LogP contribution is -2.30. The lowest BCUT2D eigenvalue weighted by Gasteiger charge is -2.13. The fourth-order valence-electron chi connectivity index (χ4n) is 3.26. The summed E-state index contributed by atoms with van der Waals surface area (Å²) in [5, 5.41) is 3.06. The van der Waals surface area contributed by atoms with Gasteiger partial charge in [-0.25, -0.2) is 8.78 Å². The molecule has 1 aliphatic heterocycles. The molecule has 1 amide bonds. The largest absolute Gasteiger partial charge is 0.496 e. The molecule has 33 heavy (non-hydrogen) atoms. The van der Waals surface area contributed by atoms with E-state index in [-0.39, 0.29) is 28.3 Å². The Hall–Kier alpha value is -3.49. The SMILES string of the molecule is COc1ccc(/C=C2/NC(=S)N(c3ccc(F)cc3)C2=O)cc1COc1ccc(F)c(Cl)c1. The monoisotopic (exact) mass is 486 g/mol. The third kappa shape index (κ3) is 4.97. The van der Waals surface area contributed by atoms with Gasteiger partial charge in [-0.05, 0) is 72.4 Å². The number of nitrogens with zero attached hydrogens (tertiary/aromatic N) is 1. The van der Waals surface area contributed by atoms with E-state index in [1.807, 2.05) is 0 Å². The number of hydrogen-bond acceptors (Lipinski definition) is 4. The van der Waals surface area contributed by atoms with Crippen LogP contribution in [-0.4, -0.2) is 18.1 Å². The first-order chi connectivity index (χ1) is 15.9. The van der Waals surface area contributed by atoms with Gasteiger partial charge in [-0.15, -0.1) is 0 Å². The average molecular weight is 487 g/mol. The molecular weight excluding hydrogens is 470 g/mol. The number of anilines is 1. The van der Waals surface area contributed by atoms with Crippen molar-refractivity contribution < 1.29 is 23.0 Å². The van der Waals surface area contributed by atoms with Crippen molar-refractivity contribution in [3.63, 3.8) is 0 Å². The quantitative estimate of drug-likeness (QED) is 0.370. The van der Waals surface area contributed by atoms with E-state index >= 15 is 0 Å². The molecule has 3 aromatic rings. The van der Waals surface area contributed by atoms with E-state index in [1.54, 1.807) is 24.3 Å². The first kappa shape index (κ1) is 22.7. The molecule has 1 aliphatic rings. The van der Waals surface area contributed by atoms with Gasteiger partial charge in [0.05, 0.1) is 17.8 Å². The van der Waals surface area contributed by atoms with Crippen molar-refractivity contribution in [1.29, 1.82) is 0 Å². The molecule has 0 saturated carbocycles. The van der Waals surface area contributed by atoms with Crippen LogP contribution in [0.4, 0.5) is 14.5 Å². The predicted octanol–water partition coefficient (Wildman–Crippen LogP) is 5.47. The van der Waals surface area contributed by atoms with Crippen molar-refractivity contribution in [1.82, 2.24) is 5.32 Å². The number of thiocarbonyl (C=S) groups is 1. The molecule has 9 heteroatoms. The number of halogens is 3. The molecule has 4 rings (SSSR count). The van der Waals surface area contributed by atoms with Crippen molar-refractivity contribution >= 4 is 46.6 Å². The Balaban J connectivity index is 1.56. The zero-order chi connectivity index (χ0) is 23.5. The van der Waals surface area contributed by atoms with Crippen LogP contribution in [-0.2, 0) is 11.4 Å². The Morgan fingerprint density at radius 2 is 1.85 bits per heavy atom. The number of nitrogens with one attached hydrogen (secondary N) is 1. The highest BCUT2D eigenvalue weighted by Crippen LogP contribution is 2.27. The summed E-state index contributed by atoms with van der Waals surface area (Å²) in [6.45, 7) is 0.129. The van der Waals surface area contributed by atoms with Crippen molar-refractivity contribution in [3.8, 4) is 11.5 Å². The molecule has 0 bridgehead atoms. The minimum absolute atomic E-state index is 0.0366. The summed E-state index contributed by atoms with van der Waals surface area (Å²) in [4.78, 5) is 14.2. The number of hydrogen-bond donors (Lipinski definition) is 1. The molecule has 0 unspecified atom stereocenters. The van der Waals surface area contributed by atoms with Crippen molar-refractivity contribution in [2.45, 2.75) is 6.61 Å². The average Bonchev–Trinajstić information content (AvgIpc) is 3.08. The van der Waals surface area contributed by atoms with Gasteiger partial charge in [-0.2, -0.15) is 0 Å². The summed E-state index contributed by atoms with van der Waals surface area (Å²) in [6.07, 6.45) is 1.65. The standard InChI is InChI=1S/C24H17ClF2N2O3S/c1-31-22-9-2-14(10-15(22)13-32-18-7-8-20(27)19(25)12-18)11-21-23(30)29(24(33)28-21)17-5-3-16(26)4-6-17/h2-12H,13H2,1H3,(H,28,33)/b21-11+. The van der Waals surface area contributed by atoms with Gasteiger partial charge in [-0.1, -0.05) is 17.7 Å². The minimum atomic E-state index is -0.531. The molecule has 0 radical (unpaired) electrons. The maximum atomic E-state index is 13.4. The van der Waals surface area contributed by atoms with Crippen molar-refractivity contribution in [3.05, 3.63) is 94.1 Å². The highest BCUT2D eigenvalue weighted by Gasteiger charge is 2.32. The van der Waals surface area contributed by atoms with E-state index in [0.717, 1.165) is 0 Å². The first-order valence-corrected chi connectivity index (χ1v) is 10.5. The fourth-order valence-corrected chi connectivity index (χ4v) is 3.72. The van der Waals surface area contributed by atoms with E-state index in [0.29, 0.717) is 28.3 Å². The van der Waals surface area contributed by atoms with Crippen LogP contribution in [0.25, 0.3) is 6.08 Å². The smallest absolute Gasteiger partial charge is 0.281 e. The van der Waals surface area contributed by atoms with E-state index in [2.05, 4.69) is 5.32 Å². The highest BCUT2D eigenvalue weighted by molar-refractivity contribution is 7.80. The number of carbonyl (C=O) groups is 1. The molecular formula is C24H17ClF2N2O3S. The van der Waals surface area contributed by atoms with Gasteiger partial charge in [-0.3, -0.25) is 9.69 Å². The second-order valence-corrected chi connectivity index (χ2v) is 7.83. The van der Waals surface area contributed by atoms with Crippen LogP contribution in [0.1, 0.15) is 11.1 Å². The fraction of sp³-hybridized carbons (Fsp3) is 0.0833. The number of methoxy groups -OCH3 is 1. The number of carbonyl (C=O) groups excluding carboxylic acids is 1. The summed E-state index contributed by atoms with van der Waals surface area (Å²) in [6, 6.07) is 14.9. The molecule has 0 spiro atoms. The molecule has 0 aromatic heterocycles. The van der Waals surface area contributed by atoms with Crippen LogP contribution < -0.4 is 19.7 Å². The van der Waals surface area contributed by atoms with E-state index in [4.69, 9.17) is 33.3 Å². The molecule has 1 N–H and O–H groups in total. The van der Waals surface area contributed by atoms with Crippen molar-refractivity contribution in [2.24, 2.45) is 0 Å². The number of amides is 1. The molecule has 168 valence electrons. The van der Waals surface area contributed by atoms with Crippen LogP contribution >= 0.6 is 23.8 Å². The summed E-state index contributed by atoms with van der Waals surface area (Å²) >= 11 is 11.1. The van der Waals surface area contributed by atoms with Gasteiger partial charge in [0.15, 0.2) is 5.11 Å². The Bertz CT molecular complexity index is 1270. The van der Waals surface area contributed by atoms with Gasteiger partial charge in [0.1, 0.15) is 35.4 Å². The van der Waals surface area contributed by atoms with E-state index in [9.17, 15) is 13.6 Å². The zero-order valence-electron chi connectivity index (χ0n) is 17.3. The van der Waals surface area contributed by atoms with Gasteiger partial charge >= 0.3 is 0 Å². The van der Waals surface area contributed by atoms with Gasteiger partial charge in [0.2, 0.25) is 0 Å². The van der Waals surface area contributed by atoms with Crippen LogP contribution in [0.3, 0.4) is 0 Å². The zero-order valence-corrected chi connectivity index (χ0v) is 18.8. The van der Waals surface area contributed by atoms with Crippen LogP contribution in [0.15, 0.2) is 66.4 Å². The van der Waals surface area contributed by atoms with E-state index in [1.165, 1.54) is 54.5 Å². The molecule has 0 atom stereocenters. The third-order valence-corrected chi connectivity index (χ3v) is 5.44. The first-order valence-electron chi connectivity index (χ1n) is 9.73. The lowest BCUT2D eigenvalue weighted by molar-refractivity contribution is -0.113. The number of ether oxygens (including phenoxy) is 2. The second-order valence-electron chi connectivity index (χ2n) is 7.04. The van der Waals surface area contributed by atoms with E-state index < -0.39 is 11.6 Å². The number of benzene rings is 3.